The van der Waals surface area contributed by atoms with Crippen LogP contribution in [-0.4, -0.2) is 54.2 Å². The molecule has 8 heteroatoms. The molecule has 4 amide bonds. The maximum atomic E-state index is 12.9. The first-order chi connectivity index (χ1) is 13.5. The number of nitrogens with zero attached hydrogens (tertiary/aromatic N) is 2. The Hall–Kier alpha value is -2.74. The van der Waals surface area contributed by atoms with Crippen molar-refractivity contribution >= 4 is 29.3 Å². The summed E-state index contributed by atoms with van der Waals surface area (Å²) < 4.78 is 0. The Morgan fingerprint density at radius 2 is 1.86 bits per heavy atom. The van der Waals surface area contributed by atoms with E-state index >= 15 is 0 Å². The number of benzene rings is 1. The molecule has 4 aliphatic rings. The van der Waals surface area contributed by atoms with Gasteiger partial charge in [-0.1, -0.05) is 0 Å². The SMILES string of the molecule is NC[C@@H]1C[C@H]2CN(c3ccc4c(c3)C(=O)N(C3CCC(=O)NC3=O)C4=O)C[C@@H]12. The minimum Gasteiger partial charge on any atom is -0.371 e. The van der Waals surface area contributed by atoms with E-state index in [1.54, 1.807) is 12.1 Å². The average molecular weight is 382 g/mol. The zero-order valence-electron chi connectivity index (χ0n) is 15.4. The van der Waals surface area contributed by atoms with Gasteiger partial charge in [-0.3, -0.25) is 29.4 Å². The monoisotopic (exact) mass is 382 g/mol. The van der Waals surface area contributed by atoms with Crippen LogP contribution in [0, 0.1) is 17.8 Å². The third-order valence-corrected chi connectivity index (χ3v) is 6.79. The molecule has 0 bridgehead atoms. The number of anilines is 1. The number of carbonyl (C=O) groups excluding carboxylic acids is 4. The minimum absolute atomic E-state index is 0.119. The summed E-state index contributed by atoms with van der Waals surface area (Å²) in [6.45, 7) is 2.58. The topological polar surface area (TPSA) is 113 Å². The van der Waals surface area contributed by atoms with Gasteiger partial charge in [-0.15, -0.1) is 0 Å². The summed E-state index contributed by atoms with van der Waals surface area (Å²) in [4.78, 5) is 52.5. The first-order valence-corrected chi connectivity index (χ1v) is 9.78. The largest absolute Gasteiger partial charge is 0.371 e. The van der Waals surface area contributed by atoms with Gasteiger partial charge in [0, 0.05) is 25.2 Å². The van der Waals surface area contributed by atoms with E-state index in [0.29, 0.717) is 35.4 Å². The summed E-state index contributed by atoms with van der Waals surface area (Å²) in [7, 11) is 0. The second kappa shape index (κ2) is 6.13. The van der Waals surface area contributed by atoms with Crippen LogP contribution in [0.2, 0.25) is 0 Å². The Morgan fingerprint density at radius 3 is 2.61 bits per heavy atom. The van der Waals surface area contributed by atoms with E-state index < -0.39 is 23.8 Å². The molecule has 146 valence electrons. The Bertz CT molecular complexity index is 913. The van der Waals surface area contributed by atoms with E-state index in [9.17, 15) is 19.2 Å². The summed E-state index contributed by atoms with van der Waals surface area (Å²) in [5, 5.41) is 2.21. The number of rotatable bonds is 3. The molecule has 1 unspecified atom stereocenters. The predicted molar refractivity (Wildman–Crippen MR) is 99.5 cm³/mol. The lowest BCUT2D eigenvalue weighted by Gasteiger charge is -2.38. The molecule has 0 spiro atoms. The van der Waals surface area contributed by atoms with Crippen molar-refractivity contribution < 1.29 is 19.2 Å². The Balaban J connectivity index is 1.39. The van der Waals surface area contributed by atoms with Crippen LogP contribution >= 0.6 is 0 Å². The number of carbonyl (C=O) groups is 4. The van der Waals surface area contributed by atoms with Gasteiger partial charge in [-0.25, -0.2) is 0 Å². The van der Waals surface area contributed by atoms with Gasteiger partial charge < -0.3 is 10.6 Å². The van der Waals surface area contributed by atoms with E-state index in [-0.39, 0.29) is 18.7 Å². The van der Waals surface area contributed by atoms with Crippen LogP contribution in [0.5, 0.6) is 0 Å². The first-order valence-electron chi connectivity index (χ1n) is 9.78. The van der Waals surface area contributed by atoms with Crippen LogP contribution in [-0.2, 0) is 9.59 Å². The second-order valence-electron chi connectivity index (χ2n) is 8.24. The molecule has 4 atom stereocenters. The van der Waals surface area contributed by atoms with Crippen molar-refractivity contribution in [1.82, 2.24) is 10.2 Å². The van der Waals surface area contributed by atoms with Gasteiger partial charge in [0.15, 0.2) is 0 Å². The maximum Gasteiger partial charge on any atom is 0.262 e. The van der Waals surface area contributed by atoms with Gasteiger partial charge >= 0.3 is 0 Å². The Morgan fingerprint density at radius 1 is 1.07 bits per heavy atom. The fourth-order valence-electron chi connectivity index (χ4n) is 5.19. The lowest BCUT2D eigenvalue weighted by atomic mass is 9.67. The zero-order chi connectivity index (χ0) is 19.6. The molecule has 3 heterocycles. The molecule has 5 rings (SSSR count). The molecule has 28 heavy (non-hydrogen) atoms. The molecule has 0 radical (unpaired) electrons. The quantitative estimate of drug-likeness (QED) is 0.718. The highest BCUT2D eigenvalue weighted by Gasteiger charge is 2.47. The normalized spacial score (nSPS) is 31.6. The maximum absolute atomic E-state index is 12.9. The number of piperidine rings is 1. The summed E-state index contributed by atoms with van der Waals surface area (Å²) in [6.07, 6.45) is 1.44. The minimum atomic E-state index is -0.929. The molecule has 2 saturated heterocycles. The highest BCUT2D eigenvalue weighted by molar-refractivity contribution is 6.23. The van der Waals surface area contributed by atoms with Crippen LogP contribution in [0.3, 0.4) is 0 Å². The molecule has 1 aromatic rings. The van der Waals surface area contributed by atoms with Gasteiger partial charge in [-0.2, -0.15) is 0 Å². The Kier molecular flexibility index (Phi) is 3.80. The lowest BCUT2D eigenvalue weighted by Crippen LogP contribution is -2.54. The van der Waals surface area contributed by atoms with Crippen molar-refractivity contribution in [3.05, 3.63) is 29.3 Å². The van der Waals surface area contributed by atoms with Crippen molar-refractivity contribution in [3.63, 3.8) is 0 Å². The number of nitrogens with two attached hydrogens (primary N) is 1. The number of fused-ring (bicyclic) bond motifs is 2. The third kappa shape index (κ3) is 2.40. The highest BCUT2D eigenvalue weighted by atomic mass is 16.2. The van der Waals surface area contributed by atoms with Crippen LogP contribution < -0.4 is 16.0 Å². The van der Waals surface area contributed by atoms with E-state index in [1.807, 2.05) is 6.07 Å². The number of amides is 4. The Labute approximate surface area is 162 Å². The van der Waals surface area contributed by atoms with E-state index in [1.165, 1.54) is 0 Å². The van der Waals surface area contributed by atoms with Crippen molar-refractivity contribution in [2.45, 2.75) is 25.3 Å². The van der Waals surface area contributed by atoms with Gasteiger partial charge in [0.05, 0.1) is 11.1 Å². The van der Waals surface area contributed by atoms with E-state index in [4.69, 9.17) is 5.73 Å². The smallest absolute Gasteiger partial charge is 0.262 e. The van der Waals surface area contributed by atoms with Crippen molar-refractivity contribution in [2.75, 3.05) is 24.5 Å². The number of hydrogen-bond donors (Lipinski definition) is 2. The summed E-state index contributed by atoms with van der Waals surface area (Å²) >= 11 is 0. The van der Waals surface area contributed by atoms with E-state index in [2.05, 4.69) is 10.2 Å². The van der Waals surface area contributed by atoms with Gasteiger partial charge in [0.25, 0.3) is 11.8 Å². The first kappa shape index (κ1) is 17.4. The standard InChI is InChI=1S/C20H22N4O4/c21-7-10-5-11-8-23(9-15(10)11)12-1-2-13-14(6-12)20(28)24(19(13)27)16-3-4-17(25)22-18(16)26/h1-2,6,10-11,15-16H,3-5,7-9,21H2,(H,22,25,26)/t10-,11-,15-,16?/m0/s1. The zero-order valence-corrected chi connectivity index (χ0v) is 15.4. The molecule has 3 fully saturated rings. The van der Waals surface area contributed by atoms with Crippen LogP contribution in [0.15, 0.2) is 18.2 Å². The van der Waals surface area contributed by atoms with Crippen molar-refractivity contribution in [3.8, 4) is 0 Å². The lowest BCUT2D eigenvalue weighted by molar-refractivity contribution is -0.136. The van der Waals surface area contributed by atoms with Crippen LogP contribution in [0.25, 0.3) is 0 Å². The van der Waals surface area contributed by atoms with Gasteiger partial charge in [0.2, 0.25) is 11.8 Å². The number of imide groups is 2. The molecule has 1 aliphatic carbocycles. The second-order valence-corrected chi connectivity index (χ2v) is 8.24. The molecule has 3 N–H and O–H groups in total. The van der Waals surface area contributed by atoms with Gasteiger partial charge in [0.1, 0.15) is 6.04 Å². The fourth-order valence-corrected chi connectivity index (χ4v) is 5.19. The van der Waals surface area contributed by atoms with E-state index in [0.717, 1.165) is 30.1 Å². The van der Waals surface area contributed by atoms with Crippen LogP contribution in [0.4, 0.5) is 5.69 Å². The molecule has 1 saturated carbocycles. The highest BCUT2D eigenvalue weighted by Crippen LogP contribution is 2.46. The van der Waals surface area contributed by atoms with Crippen LogP contribution in [0.1, 0.15) is 40.0 Å². The molecular weight excluding hydrogens is 360 g/mol. The summed E-state index contributed by atoms with van der Waals surface area (Å²) in [6, 6.07) is 4.39. The summed E-state index contributed by atoms with van der Waals surface area (Å²) in [5.41, 5.74) is 7.41. The summed E-state index contributed by atoms with van der Waals surface area (Å²) in [5.74, 6) is -0.0519. The molecular formula is C20H22N4O4. The van der Waals surface area contributed by atoms with Crippen molar-refractivity contribution in [1.29, 1.82) is 0 Å². The number of nitrogens with one attached hydrogen (secondary N) is 1. The third-order valence-electron chi connectivity index (χ3n) is 6.79. The number of hydrogen-bond acceptors (Lipinski definition) is 6. The van der Waals surface area contributed by atoms with Crippen molar-refractivity contribution in [2.24, 2.45) is 23.5 Å². The molecule has 1 aromatic carbocycles. The molecule has 3 aliphatic heterocycles. The van der Waals surface area contributed by atoms with Gasteiger partial charge in [-0.05, 0) is 55.3 Å². The molecule has 0 aromatic heterocycles. The predicted octanol–water partition coefficient (Wildman–Crippen LogP) is 0.119. The average Bonchev–Trinajstić information content (AvgIpc) is 3.12. The fraction of sp³-hybridized carbons (Fsp3) is 0.500. The molecule has 8 nitrogen and oxygen atoms in total.